The number of rotatable bonds is 5. The smallest absolute Gasteiger partial charge is 0.159 e. The topological polar surface area (TPSA) is 24.7 Å². The van der Waals surface area contributed by atoms with E-state index < -0.39 is 0 Å². The Bertz CT molecular complexity index is 1050. The summed E-state index contributed by atoms with van der Waals surface area (Å²) >= 11 is 0. The van der Waals surface area contributed by atoms with E-state index in [4.69, 9.17) is 4.99 Å². The van der Waals surface area contributed by atoms with Crippen molar-refractivity contribution >= 4 is 24.8 Å². The van der Waals surface area contributed by atoms with E-state index in [1.165, 1.54) is 16.4 Å². The fourth-order valence-electron chi connectivity index (χ4n) is 3.02. The predicted octanol–water partition coefficient (Wildman–Crippen LogP) is 6.51. The van der Waals surface area contributed by atoms with E-state index >= 15 is 0 Å². The van der Waals surface area contributed by atoms with Crippen molar-refractivity contribution in [2.75, 3.05) is 13.3 Å². The molecular formula is C26H27N2P. The number of benzene rings is 3. The minimum absolute atomic E-state index is 0.123. The van der Waals surface area contributed by atoms with Gasteiger partial charge >= 0.3 is 0 Å². The summed E-state index contributed by atoms with van der Waals surface area (Å²) in [5.41, 5.74) is 5.47. The van der Waals surface area contributed by atoms with E-state index in [1.807, 2.05) is 38.1 Å². The second-order valence-corrected chi connectivity index (χ2v) is 9.33. The summed E-state index contributed by atoms with van der Waals surface area (Å²) < 4.78 is 0. The molecule has 0 aliphatic heterocycles. The monoisotopic (exact) mass is 398 g/mol. The minimum Gasteiger partial charge on any atom is -0.237 e. The second kappa shape index (κ2) is 10.1. The molecule has 0 N–H and O–H groups in total. The fraction of sp³-hybridized carbons (Fsp3) is 0.154. The lowest BCUT2D eigenvalue weighted by Gasteiger charge is -2.10. The van der Waals surface area contributed by atoms with Crippen molar-refractivity contribution in [1.29, 1.82) is 0 Å². The highest BCUT2D eigenvalue weighted by Crippen LogP contribution is 2.27. The van der Waals surface area contributed by atoms with Crippen LogP contribution in [0.3, 0.4) is 0 Å². The highest BCUT2D eigenvalue weighted by atomic mass is 31.1. The first kappa shape index (κ1) is 20.9. The van der Waals surface area contributed by atoms with Gasteiger partial charge in [-0.1, -0.05) is 80.7 Å². The first-order chi connectivity index (χ1) is 14.1. The molecule has 0 bridgehead atoms. The highest BCUT2D eigenvalue weighted by Gasteiger charge is 2.07. The molecule has 0 atom stereocenters. The van der Waals surface area contributed by atoms with Crippen LogP contribution in [0.25, 0.3) is 11.1 Å². The minimum atomic E-state index is -0.123. The molecular weight excluding hydrogens is 371 g/mol. The Hall–Kier alpha value is -2.83. The van der Waals surface area contributed by atoms with Gasteiger partial charge in [0, 0.05) is 17.5 Å². The quantitative estimate of drug-likeness (QED) is 0.266. The summed E-state index contributed by atoms with van der Waals surface area (Å²) in [6, 6.07) is 27.5. The normalized spacial score (nSPS) is 12.7. The van der Waals surface area contributed by atoms with Gasteiger partial charge in [0.1, 0.15) is 0 Å². The molecule has 3 aromatic rings. The first-order valence-electron chi connectivity index (χ1n) is 9.76. The van der Waals surface area contributed by atoms with Crippen molar-refractivity contribution in [2.45, 2.75) is 13.8 Å². The first-order valence-corrected chi connectivity index (χ1v) is 12.0. The number of amidine groups is 1. The Balaban J connectivity index is 2.02. The molecule has 0 aliphatic rings. The number of hydrogen-bond acceptors (Lipinski definition) is 1. The van der Waals surface area contributed by atoms with Crippen molar-refractivity contribution in [1.82, 2.24) is 0 Å². The summed E-state index contributed by atoms with van der Waals surface area (Å²) in [7, 11) is -0.123. The summed E-state index contributed by atoms with van der Waals surface area (Å²) in [6.45, 7) is 8.56. The lowest BCUT2D eigenvalue weighted by atomic mass is 10.0. The summed E-state index contributed by atoms with van der Waals surface area (Å²) in [5.74, 6) is 0.718. The molecule has 3 heteroatoms. The Kier molecular flexibility index (Phi) is 7.27. The van der Waals surface area contributed by atoms with Gasteiger partial charge in [-0.3, -0.25) is 0 Å². The highest BCUT2D eigenvalue weighted by molar-refractivity contribution is 7.64. The van der Waals surface area contributed by atoms with Crippen molar-refractivity contribution in [3.63, 3.8) is 0 Å². The zero-order valence-corrected chi connectivity index (χ0v) is 18.4. The van der Waals surface area contributed by atoms with E-state index in [1.54, 1.807) is 6.20 Å². The zero-order valence-electron chi connectivity index (χ0n) is 17.5. The Morgan fingerprint density at radius 3 is 2.14 bits per heavy atom. The van der Waals surface area contributed by atoms with Crippen LogP contribution < -0.4 is 5.30 Å². The number of allylic oxidation sites excluding steroid dienone is 1. The van der Waals surface area contributed by atoms with Crippen LogP contribution in [0.1, 0.15) is 25.0 Å². The third kappa shape index (κ3) is 5.59. The van der Waals surface area contributed by atoms with Gasteiger partial charge in [-0.25, -0.2) is 9.98 Å². The molecule has 0 spiro atoms. The van der Waals surface area contributed by atoms with E-state index in [-0.39, 0.29) is 7.92 Å². The number of aliphatic imine (C=N–C) groups is 2. The summed E-state index contributed by atoms with van der Waals surface area (Å²) in [5, 5.41) is 1.41. The predicted molar refractivity (Wildman–Crippen MR) is 130 cm³/mol. The van der Waals surface area contributed by atoms with Crippen LogP contribution >= 0.6 is 7.92 Å². The number of nitrogens with zero attached hydrogens (tertiary/aromatic N) is 2. The van der Waals surface area contributed by atoms with Gasteiger partial charge < -0.3 is 0 Å². The van der Waals surface area contributed by atoms with Crippen molar-refractivity contribution in [3.8, 4) is 11.1 Å². The van der Waals surface area contributed by atoms with Gasteiger partial charge in [-0.15, -0.1) is 0 Å². The van der Waals surface area contributed by atoms with E-state index in [0.29, 0.717) is 0 Å². The van der Waals surface area contributed by atoms with Crippen LogP contribution in [-0.2, 0) is 0 Å². The van der Waals surface area contributed by atoms with Crippen molar-refractivity contribution < 1.29 is 0 Å². The molecule has 29 heavy (non-hydrogen) atoms. The second-order valence-electron chi connectivity index (χ2n) is 7.02. The molecule has 0 amide bonds. The Labute approximate surface area is 175 Å². The molecule has 0 fully saturated rings. The van der Waals surface area contributed by atoms with Crippen LogP contribution in [0.5, 0.6) is 0 Å². The Morgan fingerprint density at radius 2 is 1.45 bits per heavy atom. The molecule has 3 rings (SSSR count). The molecule has 0 aromatic heterocycles. The maximum absolute atomic E-state index is 4.85. The zero-order chi connectivity index (χ0) is 20.6. The standard InChI is InChI=1S/C26H27N2P/c1-5-17-27-26(28-20(2)21-11-7-6-8-12-21)24-15-9-13-22(18-24)23-14-10-16-25(19-23)29(3)4/h5-19H,1-4H3/b17-5+,27-26?,28-20?. The van der Waals surface area contributed by atoms with Crippen molar-refractivity contribution in [2.24, 2.45) is 9.98 Å². The maximum Gasteiger partial charge on any atom is 0.159 e. The molecule has 0 saturated carbocycles. The maximum atomic E-state index is 4.85. The van der Waals surface area contributed by atoms with Gasteiger partial charge in [-0.05, 0) is 61.3 Å². The summed E-state index contributed by atoms with van der Waals surface area (Å²) in [6.07, 6.45) is 3.72. The van der Waals surface area contributed by atoms with Crippen LogP contribution in [-0.4, -0.2) is 24.9 Å². The van der Waals surface area contributed by atoms with E-state index in [2.05, 4.69) is 79.0 Å². The molecule has 3 aromatic carbocycles. The molecule has 0 radical (unpaired) electrons. The molecule has 0 unspecified atom stereocenters. The van der Waals surface area contributed by atoms with Crippen LogP contribution in [0.4, 0.5) is 0 Å². The van der Waals surface area contributed by atoms with Gasteiger partial charge in [0.05, 0.1) is 0 Å². The van der Waals surface area contributed by atoms with Gasteiger partial charge in [0.25, 0.3) is 0 Å². The van der Waals surface area contributed by atoms with Gasteiger partial charge in [-0.2, -0.15) is 0 Å². The Morgan fingerprint density at radius 1 is 0.793 bits per heavy atom. The molecule has 0 heterocycles. The number of hydrogen-bond donors (Lipinski definition) is 0. The third-order valence-electron chi connectivity index (χ3n) is 4.63. The molecule has 0 saturated heterocycles. The largest absolute Gasteiger partial charge is 0.237 e. The average molecular weight is 398 g/mol. The summed E-state index contributed by atoms with van der Waals surface area (Å²) in [4.78, 5) is 9.46. The molecule has 2 nitrogen and oxygen atoms in total. The average Bonchev–Trinajstić information content (AvgIpc) is 2.77. The van der Waals surface area contributed by atoms with Crippen LogP contribution in [0.15, 0.2) is 101 Å². The molecule has 146 valence electrons. The van der Waals surface area contributed by atoms with Gasteiger partial charge in [0.2, 0.25) is 0 Å². The van der Waals surface area contributed by atoms with Gasteiger partial charge in [0.15, 0.2) is 5.84 Å². The third-order valence-corrected chi connectivity index (χ3v) is 5.94. The lowest BCUT2D eigenvalue weighted by Crippen LogP contribution is -2.04. The van der Waals surface area contributed by atoms with E-state index in [0.717, 1.165) is 22.7 Å². The lowest BCUT2D eigenvalue weighted by molar-refractivity contribution is 1.43. The van der Waals surface area contributed by atoms with Crippen molar-refractivity contribution in [3.05, 3.63) is 102 Å². The SMILES string of the molecule is C/C=C/N=C(N=C(C)c1ccccc1)c1cccc(-c2cccc(P(C)C)c2)c1. The van der Waals surface area contributed by atoms with E-state index in [9.17, 15) is 0 Å². The molecule has 0 aliphatic carbocycles. The van der Waals surface area contributed by atoms with Crippen LogP contribution in [0.2, 0.25) is 0 Å². The fourth-order valence-corrected chi connectivity index (χ4v) is 3.80. The van der Waals surface area contributed by atoms with Crippen LogP contribution in [0, 0.1) is 0 Å².